The molecule has 5 nitrogen and oxygen atoms in total. The van der Waals surface area contributed by atoms with Gasteiger partial charge in [0.15, 0.2) is 11.5 Å². The lowest BCUT2D eigenvalue weighted by Crippen LogP contribution is -3.00. The number of aromatic nitrogens is 2. The summed E-state index contributed by atoms with van der Waals surface area (Å²) in [7, 11) is 3.35. The fourth-order valence-electron chi connectivity index (χ4n) is 2.92. The van der Waals surface area contributed by atoms with Crippen LogP contribution in [0.5, 0.6) is 17.2 Å². The fraction of sp³-hybridized carbons (Fsp3) is 0.318. The molecular formula is C22H26ClN2O3-. The Labute approximate surface area is 172 Å². The molecular weight excluding hydrogens is 376 g/mol. The SMILES string of the molecule is COc1ccc(CCCOc2cc(CCn3ccnc3)ccc2OC)cc1.[Cl-]. The van der Waals surface area contributed by atoms with Gasteiger partial charge >= 0.3 is 0 Å². The summed E-state index contributed by atoms with van der Waals surface area (Å²) in [4.78, 5) is 4.08. The van der Waals surface area contributed by atoms with Gasteiger partial charge in [0.25, 0.3) is 0 Å². The van der Waals surface area contributed by atoms with Crippen LogP contribution in [0.4, 0.5) is 0 Å². The predicted octanol–water partition coefficient (Wildman–Crippen LogP) is 1.16. The molecule has 150 valence electrons. The summed E-state index contributed by atoms with van der Waals surface area (Å²) in [5.41, 5.74) is 2.50. The summed E-state index contributed by atoms with van der Waals surface area (Å²) in [5.74, 6) is 2.45. The van der Waals surface area contributed by atoms with Crippen LogP contribution in [0.15, 0.2) is 61.2 Å². The van der Waals surface area contributed by atoms with Crippen molar-refractivity contribution in [3.05, 3.63) is 72.3 Å². The van der Waals surface area contributed by atoms with Crippen molar-refractivity contribution >= 4 is 0 Å². The van der Waals surface area contributed by atoms with Crippen LogP contribution in [0, 0.1) is 0 Å². The summed E-state index contributed by atoms with van der Waals surface area (Å²) >= 11 is 0. The van der Waals surface area contributed by atoms with Crippen molar-refractivity contribution in [1.29, 1.82) is 0 Å². The van der Waals surface area contributed by atoms with Crippen LogP contribution in [0.1, 0.15) is 17.5 Å². The van der Waals surface area contributed by atoms with Gasteiger partial charge in [-0.25, -0.2) is 4.98 Å². The molecule has 0 aliphatic rings. The molecule has 0 aliphatic carbocycles. The Hall–Kier alpha value is -2.66. The maximum atomic E-state index is 6.00. The summed E-state index contributed by atoms with van der Waals surface area (Å²) in [6.45, 7) is 1.54. The van der Waals surface area contributed by atoms with Crippen LogP contribution in [0.2, 0.25) is 0 Å². The van der Waals surface area contributed by atoms with E-state index >= 15 is 0 Å². The predicted molar refractivity (Wildman–Crippen MR) is 106 cm³/mol. The molecule has 1 aromatic heterocycles. The monoisotopic (exact) mass is 401 g/mol. The standard InChI is InChI=1S/C22H26N2O3.ClH/c1-25-20-8-5-18(6-9-20)4-3-15-27-22-16-19(7-10-21(22)26-2)11-13-24-14-12-23-17-24;/h5-10,12,14,16-17H,3-4,11,13,15H2,1-2H3;1H/p-1. The quantitative estimate of drug-likeness (QED) is 0.478. The number of rotatable bonds is 10. The maximum absolute atomic E-state index is 6.00. The molecule has 0 atom stereocenters. The van der Waals surface area contributed by atoms with E-state index in [0.717, 1.165) is 43.1 Å². The van der Waals surface area contributed by atoms with Gasteiger partial charge in [-0.05, 0) is 54.7 Å². The van der Waals surface area contributed by atoms with E-state index in [2.05, 4.69) is 33.8 Å². The van der Waals surface area contributed by atoms with Crippen molar-refractivity contribution in [1.82, 2.24) is 9.55 Å². The maximum Gasteiger partial charge on any atom is 0.161 e. The third-order valence-corrected chi connectivity index (χ3v) is 4.47. The Morgan fingerprint density at radius 3 is 2.36 bits per heavy atom. The smallest absolute Gasteiger partial charge is 0.161 e. The lowest BCUT2D eigenvalue weighted by Gasteiger charge is -2.13. The number of nitrogens with zero attached hydrogens (tertiary/aromatic N) is 2. The normalized spacial score (nSPS) is 10.2. The Morgan fingerprint density at radius 1 is 0.893 bits per heavy atom. The molecule has 0 N–H and O–H groups in total. The van der Waals surface area contributed by atoms with Crippen molar-refractivity contribution < 1.29 is 26.6 Å². The van der Waals surface area contributed by atoms with Crippen LogP contribution < -0.4 is 26.6 Å². The molecule has 28 heavy (non-hydrogen) atoms. The minimum atomic E-state index is 0. The number of imidazole rings is 1. The van der Waals surface area contributed by atoms with Crippen LogP contribution in [-0.2, 0) is 19.4 Å². The number of methoxy groups -OCH3 is 2. The molecule has 6 heteroatoms. The Balaban J connectivity index is 0.00000280. The van der Waals surface area contributed by atoms with E-state index in [1.54, 1.807) is 20.4 Å². The van der Waals surface area contributed by atoms with Gasteiger partial charge in [0, 0.05) is 18.9 Å². The van der Waals surface area contributed by atoms with E-state index < -0.39 is 0 Å². The second-order valence-electron chi connectivity index (χ2n) is 6.34. The van der Waals surface area contributed by atoms with Crippen LogP contribution >= 0.6 is 0 Å². The molecule has 0 saturated heterocycles. The molecule has 0 bridgehead atoms. The summed E-state index contributed by atoms with van der Waals surface area (Å²) in [6, 6.07) is 14.3. The molecule has 0 unspecified atom stereocenters. The highest BCUT2D eigenvalue weighted by Gasteiger charge is 2.06. The number of aryl methyl sites for hydroxylation is 3. The van der Waals surface area contributed by atoms with Gasteiger partial charge in [0.05, 0.1) is 27.2 Å². The fourth-order valence-corrected chi connectivity index (χ4v) is 2.92. The van der Waals surface area contributed by atoms with Crippen molar-refractivity contribution in [3.8, 4) is 17.2 Å². The van der Waals surface area contributed by atoms with E-state index in [1.165, 1.54) is 11.1 Å². The van der Waals surface area contributed by atoms with Crippen molar-refractivity contribution in [2.75, 3.05) is 20.8 Å². The molecule has 0 spiro atoms. The van der Waals surface area contributed by atoms with Gasteiger partial charge < -0.3 is 31.2 Å². The van der Waals surface area contributed by atoms with Gasteiger partial charge in [-0.2, -0.15) is 0 Å². The molecule has 3 rings (SSSR count). The molecule has 2 aromatic carbocycles. The van der Waals surface area contributed by atoms with E-state index in [-0.39, 0.29) is 12.4 Å². The van der Waals surface area contributed by atoms with Gasteiger partial charge in [-0.15, -0.1) is 0 Å². The minimum Gasteiger partial charge on any atom is -1.00 e. The molecule has 0 saturated carbocycles. The van der Waals surface area contributed by atoms with Crippen LogP contribution in [0.3, 0.4) is 0 Å². The van der Waals surface area contributed by atoms with E-state index in [9.17, 15) is 0 Å². The number of hydrogen-bond acceptors (Lipinski definition) is 4. The van der Waals surface area contributed by atoms with E-state index in [1.807, 2.05) is 30.7 Å². The number of halogens is 1. The Bertz CT molecular complexity index is 820. The second kappa shape index (κ2) is 11.2. The summed E-state index contributed by atoms with van der Waals surface area (Å²) < 4.78 is 18.7. The topological polar surface area (TPSA) is 45.5 Å². The highest BCUT2D eigenvalue weighted by Crippen LogP contribution is 2.28. The molecule has 0 amide bonds. The third-order valence-electron chi connectivity index (χ3n) is 4.47. The zero-order valence-corrected chi connectivity index (χ0v) is 17.1. The van der Waals surface area contributed by atoms with Gasteiger partial charge in [-0.3, -0.25) is 0 Å². The number of benzene rings is 2. The van der Waals surface area contributed by atoms with Gasteiger partial charge in [0.1, 0.15) is 5.75 Å². The van der Waals surface area contributed by atoms with Gasteiger partial charge in [-0.1, -0.05) is 18.2 Å². The first kappa shape index (κ1) is 21.6. The zero-order chi connectivity index (χ0) is 18.9. The third kappa shape index (κ3) is 6.20. The van der Waals surface area contributed by atoms with Crippen molar-refractivity contribution in [2.45, 2.75) is 25.8 Å². The lowest BCUT2D eigenvalue weighted by molar-refractivity contribution is -0.00000655. The molecule has 0 radical (unpaired) electrons. The molecule has 3 aromatic rings. The van der Waals surface area contributed by atoms with E-state index in [4.69, 9.17) is 14.2 Å². The first-order valence-electron chi connectivity index (χ1n) is 9.17. The number of hydrogen-bond donors (Lipinski definition) is 0. The van der Waals surface area contributed by atoms with Crippen LogP contribution in [0.25, 0.3) is 0 Å². The highest BCUT2D eigenvalue weighted by atomic mass is 35.5. The Kier molecular flexibility index (Phi) is 8.69. The minimum absolute atomic E-state index is 0. The molecule has 0 fully saturated rings. The van der Waals surface area contributed by atoms with Gasteiger partial charge in [0.2, 0.25) is 0 Å². The molecule has 1 heterocycles. The lowest BCUT2D eigenvalue weighted by atomic mass is 10.1. The van der Waals surface area contributed by atoms with E-state index in [0.29, 0.717) is 6.61 Å². The number of ether oxygens (including phenoxy) is 3. The Morgan fingerprint density at radius 2 is 1.68 bits per heavy atom. The second-order valence-corrected chi connectivity index (χ2v) is 6.34. The first-order chi connectivity index (χ1) is 13.3. The largest absolute Gasteiger partial charge is 1.00 e. The van der Waals surface area contributed by atoms with Crippen molar-refractivity contribution in [3.63, 3.8) is 0 Å². The highest BCUT2D eigenvalue weighted by molar-refractivity contribution is 5.43. The first-order valence-corrected chi connectivity index (χ1v) is 9.17. The average molecular weight is 402 g/mol. The zero-order valence-electron chi connectivity index (χ0n) is 16.3. The summed E-state index contributed by atoms with van der Waals surface area (Å²) in [6.07, 6.45) is 8.43. The van der Waals surface area contributed by atoms with Crippen LogP contribution in [-0.4, -0.2) is 30.4 Å². The average Bonchev–Trinajstić information content (AvgIpc) is 3.24. The molecule has 0 aliphatic heterocycles. The van der Waals surface area contributed by atoms with Crippen molar-refractivity contribution in [2.24, 2.45) is 0 Å². The summed E-state index contributed by atoms with van der Waals surface area (Å²) in [5, 5.41) is 0.